The van der Waals surface area contributed by atoms with Crippen molar-refractivity contribution in [2.24, 2.45) is 5.92 Å². The van der Waals surface area contributed by atoms with Crippen LogP contribution in [-0.4, -0.2) is 42.8 Å². The number of hydrogen-bond acceptors (Lipinski definition) is 4. The number of rotatable bonds is 3. The van der Waals surface area contributed by atoms with Crippen LogP contribution in [0.4, 0.5) is 0 Å². The number of nitrogens with one attached hydrogen (secondary N) is 1. The molecule has 0 amide bonds. The van der Waals surface area contributed by atoms with Gasteiger partial charge in [-0.3, -0.25) is 0 Å². The molecule has 2 saturated heterocycles. The zero-order valence-electron chi connectivity index (χ0n) is 8.77. The van der Waals surface area contributed by atoms with Crippen LogP contribution in [0.2, 0.25) is 0 Å². The Morgan fingerprint density at radius 3 is 2.86 bits per heavy atom. The Morgan fingerprint density at radius 1 is 1.43 bits per heavy atom. The standard InChI is InChI=1S/C10H19NO3/c1-6(2)3-7-10-13-8(4-11-7)9(5-12)14-10/h6-12H,3-5H2,1-2H3/t7-,8+,9-,10+/m0/s1. The van der Waals surface area contributed by atoms with Gasteiger partial charge in [0, 0.05) is 6.54 Å². The Labute approximate surface area is 84.6 Å². The van der Waals surface area contributed by atoms with E-state index >= 15 is 0 Å². The van der Waals surface area contributed by atoms with Crippen molar-refractivity contribution in [3.05, 3.63) is 0 Å². The predicted molar refractivity (Wildman–Crippen MR) is 51.9 cm³/mol. The molecule has 0 saturated carbocycles. The molecule has 0 aliphatic carbocycles. The molecule has 2 N–H and O–H groups in total. The van der Waals surface area contributed by atoms with Crippen LogP contribution < -0.4 is 5.32 Å². The van der Waals surface area contributed by atoms with E-state index in [9.17, 15) is 0 Å². The lowest BCUT2D eigenvalue weighted by atomic mass is 10.0. The van der Waals surface area contributed by atoms with Gasteiger partial charge in [0.1, 0.15) is 12.2 Å². The molecule has 2 aliphatic heterocycles. The van der Waals surface area contributed by atoms with Crippen LogP contribution in [0.3, 0.4) is 0 Å². The van der Waals surface area contributed by atoms with Crippen LogP contribution in [-0.2, 0) is 9.47 Å². The summed E-state index contributed by atoms with van der Waals surface area (Å²) < 4.78 is 11.3. The normalized spacial score (nSPS) is 42.0. The first-order valence-corrected chi connectivity index (χ1v) is 5.36. The molecule has 2 bridgehead atoms. The number of aliphatic hydroxyl groups excluding tert-OH is 1. The Bertz CT molecular complexity index is 198. The second-order valence-corrected chi connectivity index (χ2v) is 4.54. The van der Waals surface area contributed by atoms with Gasteiger partial charge >= 0.3 is 0 Å². The van der Waals surface area contributed by atoms with Gasteiger partial charge in [-0.15, -0.1) is 0 Å². The molecule has 4 nitrogen and oxygen atoms in total. The van der Waals surface area contributed by atoms with Gasteiger partial charge in [-0.25, -0.2) is 0 Å². The van der Waals surface area contributed by atoms with Gasteiger partial charge in [-0.05, 0) is 12.3 Å². The Kier molecular flexibility index (Phi) is 3.07. The summed E-state index contributed by atoms with van der Waals surface area (Å²) in [5, 5.41) is 12.5. The molecule has 4 atom stereocenters. The molecule has 0 unspecified atom stereocenters. The third kappa shape index (κ3) is 1.93. The van der Waals surface area contributed by atoms with Gasteiger partial charge in [0.25, 0.3) is 0 Å². The SMILES string of the molecule is CC(C)C[C@@H]1NC[C@H]2O[C@@H]1O[C@H]2CO. The third-order valence-electron chi connectivity index (χ3n) is 2.85. The lowest BCUT2D eigenvalue weighted by Crippen LogP contribution is -2.49. The monoisotopic (exact) mass is 201 g/mol. The van der Waals surface area contributed by atoms with Crippen molar-refractivity contribution in [2.45, 2.75) is 44.8 Å². The summed E-state index contributed by atoms with van der Waals surface area (Å²) in [5.41, 5.74) is 0. The Hall–Kier alpha value is -0.160. The third-order valence-corrected chi connectivity index (χ3v) is 2.85. The number of hydrogen-bond donors (Lipinski definition) is 2. The first-order chi connectivity index (χ1) is 6.70. The van der Waals surface area contributed by atoms with E-state index in [0.29, 0.717) is 5.92 Å². The molecule has 0 aromatic rings. The second kappa shape index (κ2) is 4.14. The highest BCUT2D eigenvalue weighted by molar-refractivity contribution is 4.90. The Morgan fingerprint density at radius 2 is 2.21 bits per heavy atom. The van der Waals surface area contributed by atoms with Crippen LogP contribution in [0, 0.1) is 5.92 Å². The van der Waals surface area contributed by atoms with Crippen molar-refractivity contribution in [3.63, 3.8) is 0 Å². The van der Waals surface area contributed by atoms with E-state index < -0.39 is 0 Å². The quantitative estimate of drug-likeness (QED) is 0.680. The van der Waals surface area contributed by atoms with Crippen molar-refractivity contribution in [3.8, 4) is 0 Å². The highest BCUT2D eigenvalue weighted by atomic mass is 16.7. The molecule has 2 rings (SSSR count). The summed E-state index contributed by atoms with van der Waals surface area (Å²) in [6.45, 7) is 5.22. The number of morpholine rings is 1. The average Bonchev–Trinajstić information content (AvgIpc) is 2.48. The minimum atomic E-state index is -0.159. The van der Waals surface area contributed by atoms with Crippen LogP contribution in [0.15, 0.2) is 0 Å². The van der Waals surface area contributed by atoms with Crippen molar-refractivity contribution < 1.29 is 14.6 Å². The van der Waals surface area contributed by atoms with E-state index in [4.69, 9.17) is 14.6 Å². The lowest BCUT2D eigenvalue weighted by molar-refractivity contribution is -0.110. The number of aliphatic hydroxyl groups is 1. The molecule has 0 aromatic carbocycles. The zero-order chi connectivity index (χ0) is 10.1. The van der Waals surface area contributed by atoms with E-state index in [2.05, 4.69) is 19.2 Å². The van der Waals surface area contributed by atoms with Crippen molar-refractivity contribution in [2.75, 3.05) is 13.2 Å². The fraction of sp³-hybridized carbons (Fsp3) is 1.00. The van der Waals surface area contributed by atoms with Crippen molar-refractivity contribution in [1.29, 1.82) is 0 Å². The highest BCUT2D eigenvalue weighted by Crippen LogP contribution is 2.27. The van der Waals surface area contributed by atoms with Crippen molar-refractivity contribution >= 4 is 0 Å². The molecule has 2 aliphatic rings. The molecule has 2 heterocycles. The van der Waals surface area contributed by atoms with E-state index in [1.54, 1.807) is 0 Å². The zero-order valence-corrected chi connectivity index (χ0v) is 8.77. The summed E-state index contributed by atoms with van der Waals surface area (Å²) in [5.74, 6) is 0.629. The topological polar surface area (TPSA) is 50.7 Å². The lowest BCUT2D eigenvalue weighted by Gasteiger charge is -2.29. The van der Waals surface area contributed by atoms with Crippen LogP contribution in [0.1, 0.15) is 20.3 Å². The van der Waals surface area contributed by atoms with E-state index in [1.807, 2.05) is 0 Å². The maximum atomic E-state index is 9.05. The minimum Gasteiger partial charge on any atom is -0.394 e. The maximum Gasteiger partial charge on any atom is 0.173 e. The molecule has 82 valence electrons. The molecular formula is C10H19NO3. The molecule has 14 heavy (non-hydrogen) atoms. The summed E-state index contributed by atoms with van der Waals surface area (Å²) in [4.78, 5) is 0. The summed E-state index contributed by atoms with van der Waals surface area (Å²) in [7, 11) is 0. The van der Waals surface area contributed by atoms with Gasteiger partial charge in [0.15, 0.2) is 6.29 Å². The molecule has 0 radical (unpaired) electrons. The van der Waals surface area contributed by atoms with Crippen molar-refractivity contribution in [1.82, 2.24) is 5.32 Å². The van der Waals surface area contributed by atoms with Gasteiger partial charge in [0.05, 0.1) is 12.6 Å². The average molecular weight is 201 g/mol. The maximum absolute atomic E-state index is 9.05. The van der Waals surface area contributed by atoms with Gasteiger partial charge in [-0.2, -0.15) is 0 Å². The first-order valence-electron chi connectivity index (χ1n) is 5.36. The predicted octanol–water partition coefficient (Wildman–Crippen LogP) is 0.107. The molecule has 4 heteroatoms. The smallest absolute Gasteiger partial charge is 0.173 e. The van der Waals surface area contributed by atoms with E-state index in [0.717, 1.165) is 13.0 Å². The molecular weight excluding hydrogens is 182 g/mol. The summed E-state index contributed by atoms with van der Waals surface area (Å²) >= 11 is 0. The second-order valence-electron chi connectivity index (χ2n) is 4.54. The van der Waals surface area contributed by atoms with E-state index in [-0.39, 0.29) is 31.1 Å². The van der Waals surface area contributed by atoms with Crippen LogP contribution in [0.5, 0.6) is 0 Å². The first kappa shape index (κ1) is 10.4. The van der Waals surface area contributed by atoms with Crippen LogP contribution in [0.25, 0.3) is 0 Å². The number of fused-ring (bicyclic) bond motifs is 2. The van der Waals surface area contributed by atoms with Gasteiger partial charge in [0.2, 0.25) is 0 Å². The summed E-state index contributed by atoms with van der Waals surface area (Å²) in [6, 6.07) is 0.280. The van der Waals surface area contributed by atoms with Gasteiger partial charge in [-0.1, -0.05) is 13.8 Å². The fourth-order valence-corrected chi connectivity index (χ4v) is 2.15. The highest BCUT2D eigenvalue weighted by Gasteiger charge is 2.43. The van der Waals surface area contributed by atoms with Crippen LogP contribution >= 0.6 is 0 Å². The molecule has 2 fully saturated rings. The minimum absolute atomic E-state index is 0.0356. The summed E-state index contributed by atoms with van der Waals surface area (Å²) in [6.07, 6.45) is 0.793. The Balaban J connectivity index is 1.93. The molecule has 0 spiro atoms. The van der Waals surface area contributed by atoms with E-state index in [1.165, 1.54) is 0 Å². The number of ether oxygens (including phenoxy) is 2. The molecule has 0 aromatic heterocycles. The van der Waals surface area contributed by atoms with Gasteiger partial charge < -0.3 is 19.9 Å². The fourth-order valence-electron chi connectivity index (χ4n) is 2.15. The largest absolute Gasteiger partial charge is 0.394 e.